The Bertz CT molecular complexity index is 527. The molecule has 2 rings (SSSR count). The molecule has 1 N–H and O–H groups in total. The summed E-state index contributed by atoms with van der Waals surface area (Å²) < 4.78 is 0. The third kappa shape index (κ3) is 4.22. The molecule has 0 radical (unpaired) electrons. The molecule has 22 heavy (non-hydrogen) atoms. The van der Waals surface area contributed by atoms with E-state index < -0.39 is 0 Å². The van der Waals surface area contributed by atoms with E-state index in [2.05, 4.69) is 23.2 Å². The second-order valence-electron chi connectivity index (χ2n) is 5.80. The fraction of sp³-hybridized carbons (Fsp3) is 0.529. The molecule has 0 atom stereocenters. The second kappa shape index (κ2) is 7.81. The summed E-state index contributed by atoms with van der Waals surface area (Å²) in [5, 5.41) is 11.7. The van der Waals surface area contributed by atoms with Crippen molar-refractivity contribution in [3.8, 4) is 6.07 Å². The Hall–Kier alpha value is -2.06. The van der Waals surface area contributed by atoms with Gasteiger partial charge in [-0.3, -0.25) is 0 Å². The van der Waals surface area contributed by atoms with Crippen molar-refractivity contribution in [3.63, 3.8) is 0 Å². The predicted molar refractivity (Wildman–Crippen MR) is 87.7 cm³/mol. The summed E-state index contributed by atoms with van der Waals surface area (Å²) in [4.78, 5) is 16.6. The number of carbonyl (C=O) groups is 1. The summed E-state index contributed by atoms with van der Waals surface area (Å²) in [6.07, 6.45) is 3.23. The van der Waals surface area contributed by atoms with Crippen LogP contribution in [0.25, 0.3) is 0 Å². The zero-order chi connectivity index (χ0) is 15.9. The first-order valence-electron chi connectivity index (χ1n) is 7.90. The predicted octanol–water partition coefficient (Wildman–Crippen LogP) is 2.90. The minimum absolute atomic E-state index is 0.0846. The molecule has 1 heterocycles. The third-order valence-electron chi connectivity index (χ3n) is 4.23. The van der Waals surface area contributed by atoms with E-state index in [1.807, 2.05) is 11.9 Å². The highest BCUT2D eigenvalue weighted by atomic mass is 16.2. The van der Waals surface area contributed by atoms with Gasteiger partial charge in [0.05, 0.1) is 11.6 Å². The highest BCUT2D eigenvalue weighted by Crippen LogP contribution is 2.17. The van der Waals surface area contributed by atoms with Crippen molar-refractivity contribution in [3.05, 3.63) is 29.8 Å². The first-order valence-corrected chi connectivity index (χ1v) is 7.90. The lowest BCUT2D eigenvalue weighted by Gasteiger charge is -2.36. The van der Waals surface area contributed by atoms with E-state index in [0.29, 0.717) is 11.6 Å². The van der Waals surface area contributed by atoms with Gasteiger partial charge in [-0.2, -0.15) is 5.26 Å². The lowest BCUT2D eigenvalue weighted by molar-refractivity contribution is 0.141. The molecule has 0 unspecified atom stereocenters. The summed E-state index contributed by atoms with van der Waals surface area (Å²) >= 11 is 0. The van der Waals surface area contributed by atoms with E-state index in [1.165, 1.54) is 6.42 Å². The van der Waals surface area contributed by atoms with Gasteiger partial charge in [0.25, 0.3) is 0 Å². The van der Waals surface area contributed by atoms with Crippen LogP contribution < -0.4 is 5.32 Å². The van der Waals surface area contributed by atoms with Crippen LogP contribution in [0.3, 0.4) is 0 Å². The molecule has 1 aromatic carbocycles. The molecule has 5 nitrogen and oxygen atoms in total. The molecule has 0 saturated carbocycles. The molecular weight excluding hydrogens is 276 g/mol. The highest BCUT2D eigenvalue weighted by molar-refractivity contribution is 5.89. The van der Waals surface area contributed by atoms with Crippen molar-refractivity contribution in [1.82, 2.24) is 9.80 Å². The van der Waals surface area contributed by atoms with Crippen LogP contribution in [-0.2, 0) is 0 Å². The summed E-state index contributed by atoms with van der Waals surface area (Å²) in [5.41, 5.74) is 1.31. The molecule has 0 aromatic heterocycles. The molecule has 1 saturated heterocycles. The zero-order valence-electron chi connectivity index (χ0n) is 13.4. The van der Waals surface area contributed by atoms with Crippen LogP contribution in [0.4, 0.5) is 10.5 Å². The maximum atomic E-state index is 12.3. The molecule has 2 amide bonds. The Kier molecular flexibility index (Phi) is 5.79. The SMILES string of the molecule is CCCN1CCC(N(C)C(=O)Nc2ccc(C#N)cc2)CC1. The number of hydrogen-bond acceptors (Lipinski definition) is 3. The van der Waals surface area contributed by atoms with Crippen molar-refractivity contribution in [1.29, 1.82) is 5.26 Å². The van der Waals surface area contributed by atoms with Crippen LogP contribution in [0.2, 0.25) is 0 Å². The Morgan fingerprint density at radius 2 is 2.00 bits per heavy atom. The van der Waals surface area contributed by atoms with Crippen LogP contribution in [0.15, 0.2) is 24.3 Å². The standard InChI is InChI=1S/C17H24N4O/c1-3-10-21-11-8-16(9-12-21)20(2)17(22)19-15-6-4-14(13-18)5-7-15/h4-7,16H,3,8-12H2,1-2H3,(H,19,22). The van der Waals surface area contributed by atoms with E-state index in [-0.39, 0.29) is 6.03 Å². The number of nitrogens with one attached hydrogen (secondary N) is 1. The summed E-state index contributed by atoms with van der Waals surface area (Å²) in [5.74, 6) is 0. The topological polar surface area (TPSA) is 59.4 Å². The lowest BCUT2D eigenvalue weighted by Crippen LogP contribution is -2.47. The number of nitrogens with zero attached hydrogens (tertiary/aromatic N) is 3. The molecule has 1 aromatic rings. The van der Waals surface area contributed by atoms with Crippen molar-refractivity contribution >= 4 is 11.7 Å². The molecule has 1 aliphatic heterocycles. The van der Waals surface area contributed by atoms with Gasteiger partial charge in [0.2, 0.25) is 0 Å². The molecule has 0 bridgehead atoms. The molecule has 1 fully saturated rings. The van der Waals surface area contributed by atoms with E-state index >= 15 is 0 Å². The van der Waals surface area contributed by atoms with Gasteiger partial charge in [-0.1, -0.05) is 6.92 Å². The van der Waals surface area contributed by atoms with E-state index in [1.54, 1.807) is 24.3 Å². The van der Waals surface area contributed by atoms with Gasteiger partial charge < -0.3 is 15.1 Å². The van der Waals surface area contributed by atoms with E-state index in [9.17, 15) is 4.79 Å². The number of rotatable bonds is 4. The number of likely N-dealkylation sites (tertiary alicyclic amines) is 1. The first-order chi connectivity index (χ1) is 10.6. The van der Waals surface area contributed by atoms with Gasteiger partial charge >= 0.3 is 6.03 Å². The van der Waals surface area contributed by atoms with E-state index in [0.717, 1.165) is 38.2 Å². The number of hydrogen-bond donors (Lipinski definition) is 1. The zero-order valence-corrected chi connectivity index (χ0v) is 13.4. The maximum Gasteiger partial charge on any atom is 0.321 e. The summed E-state index contributed by atoms with van der Waals surface area (Å²) in [6.45, 7) is 5.47. The Balaban J connectivity index is 1.85. The van der Waals surface area contributed by atoms with Crippen LogP contribution >= 0.6 is 0 Å². The minimum atomic E-state index is -0.0846. The van der Waals surface area contributed by atoms with Gasteiger partial charge in [-0.25, -0.2) is 4.79 Å². The Morgan fingerprint density at radius 3 is 2.55 bits per heavy atom. The van der Waals surface area contributed by atoms with Crippen LogP contribution in [0.1, 0.15) is 31.7 Å². The van der Waals surface area contributed by atoms with Crippen LogP contribution in [-0.4, -0.2) is 48.6 Å². The number of anilines is 1. The number of amides is 2. The molecular formula is C17H24N4O. The largest absolute Gasteiger partial charge is 0.325 e. The summed E-state index contributed by atoms with van der Waals surface area (Å²) in [6, 6.07) is 9.21. The molecule has 118 valence electrons. The van der Waals surface area contributed by atoms with Crippen molar-refractivity contribution in [2.45, 2.75) is 32.2 Å². The fourth-order valence-electron chi connectivity index (χ4n) is 2.85. The quantitative estimate of drug-likeness (QED) is 0.930. The molecule has 1 aliphatic rings. The van der Waals surface area contributed by atoms with Crippen molar-refractivity contribution < 1.29 is 4.79 Å². The van der Waals surface area contributed by atoms with E-state index in [4.69, 9.17) is 5.26 Å². The Morgan fingerprint density at radius 1 is 1.36 bits per heavy atom. The van der Waals surface area contributed by atoms with Gasteiger partial charge in [0.15, 0.2) is 0 Å². The highest BCUT2D eigenvalue weighted by Gasteiger charge is 2.24. The lowest BCUT2D eigenvalue weighted by atomic mass is 10.0. The number of nitriles is 1. The van der Waals surface area contributed by atoms with Crippen molar-refractivity contribution in [2.75, 3.05) is 32.0 Å². The van der Waals surface area contributed by atoms with Crippen LogP contribution in [0.5, 0.6) is 0 Å². The average Bonchev–Trinajstić information content (AvgIpc) is 2.56. The number of urea groups is 1. The van der Waals surface area contributed by atoms with Gasteiger partial charge in [-0.05, 0) is 50.1 Å². The van der Waals surface area contributed by atoms with Gasteiger partial charge in [-0.15, -0.1) is 0 Å². The molecule has 0 spiro atoms. The number of carbonyl (C=O) groups excluding carboxylic acids is 1. The van der Waals surface area contributed by atoms with Crippen molar-refractivity contribution in [2.24, 2.45) is 0 Å². The average molecular weight is 300 g/mol. The fourth-order valence-corrected chi connectivity index (χ4v) is 2.85. The number of benzene rings is 1. The normalized spacial score (nSPS) is 16.0. The third-order valence-corrected chi connectivity index (χ3v) is 4.23. The monoisotopic (exact) mass is 300 g/mol. The van der Waals surface area contributed by atoms with Gasteiger partial charge in [0.1, 0.15) is 0 Å². The minimum Gasteiger partial charge on any atom is -0.325 e. The van der Waals surface area contributed by atoms with Gasteiger partial charge in [0, 0.05) is 31.9 Å². The van der Waals surface area contributed by atoms with Crippen LogP contribution in [0, 0.1) is 11.3 Å². The smallest absolute Gasteiger partial charge is 0.321 e. The Labute approximate surface area is 132 Å². The molecule has 0 aliphatic carbocycles. The second-order valence-corrected chi connectivity index (χ2v) is 5.80. The number of piperidine rings is 1. The molecule has 5 heteroatoms. The summed E-state index contributed by atoms with van der Waals surface area (Å²) in [7, 11) is 1.86. The maximum absolute atomic E-state index is 12.3. The first kappa shape index (κ1) is 16.3.